The number of aliphatic hydroxyl groups is 1. The molecule has 3 aromatic carbocycles. The number of anilines is 3. The minimum absolute atomic E-state index is 0.0540. The van der Waals surface area contributed by atoms with Gasteiger partial charge in [-0.1, -0.05) is 48.0 Å². The van der Waals surface area contributed by atoms with Crippen LogP contribution in [0.25, 0.3) is 5.76 Å². The maximum atomic E-state index is 13.3. The highest BCUT2D eigenvalue weighted by Crippen LogP contribution is 2.42. The molecule has 4 aromatic rings. The van der Waals surface area contributed by atoms with Crippen molar-refractivity contribution in [1.29, 1.82) is 0 Å². The van der Waals surface area contributed by atoms with Gasteiger partial charge in [-0.25, -0.2) is 0 Å². The molecular weight excluding hydrogens is 438 g/mol. The van der Waals surface area contributed by atoms with Crippen LogP contribution in [0.15, 0.2) is 109 Å². The molecule has 6 nitrogen and oxygen atoms in total. The molecule has 5 rings (SSSR count). The number of Topliss-reactive ketones (excluding diaryl/α,β-unsaturated/α-hetero) is 1. The number of aliphatic hydroxyl groups excluding tert-OH is 1. The molecule has 1 fully saturated rings. The van der Waals surface area contributed by atoms with Gasteiger partial charge in [-0.05, 0) is 61.0 Å². The molecule has 2 heterocycles. The molecule has 35 heavy (non-hydrogen) atoms. The number of benzene rings is 3. The molecule has 1 aliphatic heterocycles. The fraction of sp³-hybridized carbons (Fsp3) is 0.0690. The van der Waals surface area contributed by atoms with Crippen molar-refractivity contribution in [3.8, 4) is 0 Å². The Hall–Kier alpha value is -4.71. The van der Waals surface area contributed by atoms with Gasteiger partial charge in [0, 0.05) is 35.0 Å². The third kappa shape index (κ3) is 4.29. The lowest BCUT2D eigenvalue weighted by molar-refractivity contribution is -0.132. The highest BCUT2D eigenvalue weighted by Gasteiger charge is 2.46. The second-order valence-corrected chi connectivity index (χ2v) is 8.36. The van der Waals surface area contributed by atoms with Gasteiger partial charge in [-0.3, -0.25) is 19.5 Å². The number of hydrogen-bond acceptors (Lipinski definition) is 5. The van der Waals surface area contributed by atoms with Gasteiger partial charge < -0.3 is 10.4 Å². The number of rotatable bonds is 5. The zero-order valence-corrected chi connectivity index (χ0v) is 19.1. The molecule has 1 atom stereocenters. The van der Waals surface area contributed by atoms with Crippen molar-refractivity contribution >= 4 is 34.5 Å². The number of aryl methyl sites for hydroxylation is 1. The quantitative estimate of drug-likeness (QED) is 0.224. The fourth-order valence-corrected chi connectivity index (χ4v) is 4.31. The SMILES string of the molecule is Cc1cccc(C2/C(=C(/O)c3ccncc3)C(=O)C(=O)N2c2ccc(Nc3ccccc3)cc2)c1. The van der Waals surface area contributed by atoms with Crippen molar-refractivity contribution in [1.82, 2.24) is 4.98 Å². The summed E-state index contributed by atoms with van der Waals surface area (Å²) in [5.41, 5.74) is 4.56. The van der Waals surface area contributed by atoms with Crippen LogP contribution in [0.2, 0.25) is 0 Å². The second-order valence-electron chi connectivity index (χ2n) is 8.36. The van der Waals surface area contributed by atoms with Gasteiger partial charge in [0.25, 0.3) is 11.7 Å². The van der Waals surface area contributed by atoms with E-state index in [0.717, 1.165) is 22.5 Å². The van der Waals surface area contributed by atoms with Crippen LogP contribution < -0.4 is 10.2 Å². The molecule has 0 bridgehead atoms. The Morgan fingerprint density at radius 2 is 1.54 bits per heavy atom. The number of aromatic nitrogens is 1. The van der Waals surface area contributed by atoms with E-state index in [2.05, 4.69) is 10.3 Å². The van der Waals surface area contributed by atoms with Gasteiger partial charge in [-0.2, -0.15) is 0 Å². The summed E-state index contributed by atoms with van der Waals surface area (Å²) in [6, 6.07) is 27.1. The molecular formula is C29H23N3O3. The number of ketones is 1. The number of carbonyl (C=O) groups excluding carboxylic acids is 2. The summed E-state index contributed by atoms with van der Waals surface area (Å²) in [5, 5.41) is 14.4. The first-order valence-corrected chi connectivity index (χ1v) is 11.2. The maximum Gasteiger partial charge on any atom is 0.300 e. The minimum Gasteiger partial charge on any atom is -0.507 e. The van der Waals surface area contributed by atoms with Crippen LogP contribution in [0.4, 0.5) is 17.1 Å². The molecule has 1 saturated heterocycles. The van der Waals surface area contributed by atoms with Gasteiger partial charge in [-0.15, -0.1) is 0 Å². The van der Waals surface area contributed by atoms with E-state index in [1.54, 1.807) is 24.3 Å². The van der Waals surface area contributed by atoms with Crippen molar-refractivity contribution in [3.63, 3.8) is 0 Å². The van der Waals surface area contributed by atoms with Gasteiger partial charge in [0.15, 0.2) is 0 Å². The van der Waals surface area contributed by atoms with Crippen molar-refractivity contribution < 1.29 is 14.7 Å². The largest absolute Gasteiger partial charge is 0.507 e. The van der Waals surface area contributed by atoms with E-state index in [-0.39, 0.29) is 11.3 Å². The summed E-state index contributed by atoms with van der Waals surface area (Å²) in [5.74, 6) is -1.63. The Morgan fingerprint density at radius 3 is 2.23 bits per heavy atom. The Balaban J connectivity index is 1.59. The van der Waals surface area contributed by atoms with Crippen LogP contribution in [0.3, 0.4) is 0 Å². The van der Waals surface area contributed by atoms with Crippen molar-refractivity contribution in [2.24, 2.45) is 0 Å². The first-order chi connectivity index (χ1) is 17.0. The molecule has 0 spiro atoms. The van der Waals surface area contributed by atoms with Gasteiger partial charge in [0.1, 0.15) is 5.76 Å². The average molecular weight is 462 g/mol. The normalized spacial score (nSPS) is 16.9. The molecule has 2 N–H and O–H groups in total. The van der Waals surface area contributed by atoms with Crippen LogP contribution in [-0.2, 0) is 9.59 Å². The number of para-hydroxylation sites is 1. The smallest absolute Gasteiger partial charge is 0.300 e. The summed E-state index contributed by atoms with van der Waals surface area (Å²) in [4.78, 5) is 32.0. The monoisotopic (exact) mass is 461 g/mol. The Labute approximate surface area is 203 Å². The first-order valence-electron chi connectivity index (χ1n) is 11.2. The molecule has 0 saturated carbocycles. The molecule has 1 amide bonds. The minimum atomic E-state index is -0.768. The molecule has 172 valence electrons. The van der Waals surface area contributed by atoms with E-state index in [0.29, 0.717) is 11.3 Å². The van der Waals surface area contributed by atoms with Crippen LogP contribution in [0, 0.1) is 6.92 Å². The van der Waals surface area contributed by atoms with E-state index in [9.17, 15) is 14.7 Å². The number of nitrogens with one attached hydrogen (secondary N) is 1. The topological polar surface area (TPSA) is 82.5 Å². The highest BCUT2D eigenvalue weighted by molar-refractivity contribution is 6.51. The number of nitrogens with zero attached hydrogens (tertiary/aromatic N) is 2. The fourth-order valence-electron chi connectivity index (χ4n) is 4.31. The summed E-state index contributed by atoms with van der Waals surface area (Å²) < 4.78 is 0. The zero-order chi connectivity index (χ0) is 24.4. The average Bonchev–Trinajstić information content (AvgIpc) is 3.15. The lowest BCUT2D eigenvalue weighted by atomic mass is 9.94. The van der Waals surface area contributed by atoms with Crippen LogP contribution >= 0.6 is 0 Å². The Morgan fingerprint density at radius 1 is 0.857 bits per heavy atom. The number of hydrogen-bond donors (Lipinski definition) is 2. The van der Waals surface area contributed by atoms with Crippen LogP contribution in [0.5, 0.6) is 0 Å². The predicted molar refractivity (Wildman–Crippen MR) is 136 cm³/mol. The zero-order valence-electron chi connectivity index (χ0n) is 19.1. The predicted octanol–water partition coefficient (Wildman–Crippen LogP) is 5.76. The first kappa shape index (κ1) is 22.1. The van der Waals surface area contributed by atoms with E-state index >= 15 is 0 Å². The number of amides is 1. The summed E-state index contributed by atoms with van der Waals surface area (Å²) in [6.07, 6.45) is 3.07. The van der Waals surface area contributed by atoms with Crippen LogP contribution in [-0.4, -0.2) is 21.8 Å². The molecule has 1 unspecified atom stereocenters. The van der Waals surface area contributed by atoms with E-state index in [1.165, 1.54) is 17.3 Å². The van der Waals surface area contributed by atoms with Crippen molar-refractivity contribution in [3.05, 3.63) is 126 Å². The maximum absolute atomic E-state index is 13.3. The Kier molecular flexibility index (Phi) is 5.85. The molecule has 6 heteroatoms. The van der Waals surface area contributed by atoms with Gasteiger partial charge >= 0.3 is 0 Å². The van der Waals surface area contributed by atoms with Crippen LogP contribution in [0.1, 0.15) is 22.7 Å². The standard InChI is InChI=1S/C29H23N3O3/c1-19-6-5-7-21(18-19)26-25(27(33)20-14-16-30-17-15-20)28(34)29(35)32(26)24-12-10-23(11-13-24)31-22-8-3-2-4-9-22/h2-18,26,31,33H,1H3/b27-25-. The van der Waals surface area contributed by atoms with Gasteiger partial charge in [0.05, 0.1) is 11.6 Å². The van der Waals surface area contributed by atoms with Gasteiger partial charge in [0.2, 0.25) is 0 Å². The van der Waals surface area contributed by atoms with E-state index in [1.807, 2.05) is 73.7 Å². The molecule has 1 aromatic heterocycles. The third-order valence-corrected chi connectivity index (χ3v) is 5.96. The number of carbonyl (C=O) groups is 2. The Bertz CT molecular complexity index is 1410. The molecule has 0 radical (unpaired) electrons. The summed E-state index contributed by atoms with van der Waals surface area (Å²) in [7, 11) is 0. The van der Waals surface area contributed by atoms with E-state index < -0.39 is 17.7 Å². The molecule has 1 aliphatic rings. The summed E-state index contributed by atoms with van der Waals surface area (Å²) >= 11 is 0. The highest BCUT2D eigenvalue weighted by atomic mass is 16.3. The lowest BCUT2D eigenvalue weighted by Gasteiger charge is -2.26. The van der Waals surface area contributed by atoms with Crippen molar-refractivity contribution in [2.75, 3.05) is 10.2 Å². The molecule has 0 aliphatic carbocycles. The summed E-state index contributed by atoms with van der Waals surface area (Å²) in [6.45, 7) is 1.95. The third-order valence-electron chi connectivity index (χ3n) is 5.96. The van der Waals surface area contributed by atoms with E-state index in [4.69, 9.17) is 0 Å². The lowest BCUT2D eigenvalue weighted by Crippen LogP contribution is -2.29. The second kappa shape index (κ2) is 9.27. The van der Waals surface area contributed by atoms with Crippen molar-refractivity contribution in [2.45, 2.75) is 13.0 Å². The number of pyridine rings is 1.